The molecule has 7 heteroatoms. The number of hydrogen-bond acceptors (Lipinski definition) is 1. The molecule has 0 radical (unpaired) electrons. The van der Waals surface area contributed by atoms with Crippen LogP contribution in [0.15, 0.2) is 27.8 Å². The van der Waals surface area contributed by atoms with E-state index >= 15 is 0 Å². The monoisotopic (exact) mass is 265 g/mol. The summed E-state index contributed by atoms with van der Waals surface area (Å²) in [6.07, 6.45) is -4.43. The number of nitrogens with zero attached hydrogens (tertiary/aromatic N) is 3. The molecule has 0 aliphatic heterocycles. The zero-order valence-electron chi connectivity index (χ0n) is 6.59. The molecule has 0 amide bonds. The molecule has 14 heavy (non-hydrogen) atoms. The summed E-state index contributed by atoms with van der Waals surface area (Å²) in [5, 5.41) is 3.11. The van der Waals surface area contributed by atoms with Crippen molar-refractivity contribution in [1.29, 1.82) is 0 Å². The third-order valence-electron chi connectivity index (χ3n) is 1.43. The predicted octanol–water partition coefficient (Wildman–Crippen LogP) is 4.41. The van der Waals surface area contributed by atoms with Gasteiger partial charge in [0.25, 0.3) is 0 Å². The number of benzene rings is 1. The minimum absolute atomic E-state index is 0.0812. The van der Waals surface area contributed by atoms with Crippen LogP contribution in [-0.4, -0.2) is 0 Å². The van der Waals surface area contributed by atoms with E-state index in [9.17, 15) is 13.2 Å². The van der Waals surface area contributed by atoms with Gasteiger partial charge in [0.2, 0.25) is 0 Å². The second kappa shape index (κ2) is 3.89. The van der Waals surface area contributed by atoms with Crippen LogP contribution in [0.5, 0.6) is 0 Å². The molecule has 0 saturated heterocycles. The van der Waals surface area contributed by atoms with Gasteiger partial charge < -0.3 is 0 Å². The van der Waals surface area contributed by atoms with Crippen LogP contribution < -0.4 is 0 Å². The van der Waals surface area contributed by atoms with Gasteiger partial charge in [0.05, 0.1) is 11.3 Å². The largest absolute Gasteiger partial charge is 0.416 e. The third-order valence-corrected chi connectivity index (χ3v) is 2.10. The fraction of sp³-hybridized carbons (Fsp3) is 0.143. The van der Waals surface area contributed by atoms with Crippen molar-refractivity contribution in [3.05, 3.63) is 38.7 Å². The third kappa shape index (κ3) is 2.40. The van der Waals surface area contributed by atoms with E-state index in [0.717, 1.165) is 12.1 Å². The Morgan fingerprint density at radius 1 is 1.36 bits per heavy atom. The highest BCUT2D eigenvalue weighted by Gasteiger charge is 2.30. The summed E-state index contributed by atoms with van der Waals surface area (Å²) in [5.74, 6) is 0. The number of azide groups is 1. The SMILES string of the molecule is [N-]=[N+]=Nc1cc(C(F)(F)F)ccc1Br. The van der Waals surface area contributed by atoms with Crippen LogP contribution in [0.2, 0.25) is 0 Å². The first-order valence-electron chi connectivity index (χ1n) is 3.37. The molecule has 0 bridgehead atoms. The molecule has 0 fully saturated rings. The van der Waals surface area contributed by atoms with E-state index in [0.29, 0.717) is 4.47 Å². The van der Waals surface area contributed by atoms with Crippen LogP contribution in [0.1, 0.15) is 5.56 Å². The predicted molar refractivity (Wildman–Crippen MR) is 48.0 cm³/mol. The van der Waals surface area contributed by atoms with E-state index < -0.39 is 11.7 Å². The molecular weight excluding hydrogens is 263 g/mol. The van der Waals surface area contributed by atoms with E-state index in [1.807, 2.05) is 0 Å². The molecule has 0 heterocycles. The van der Waals surface area contributed by atoms with Crippen molar-refractivity contribution in [1.82, 2.24) is 0 Å². The molecule has 0 aliphatic carbocycles. The van der Waals surface area contributed by atoms with E-state index in [1.165, 1.54) is 6.07 Å². The number of rotatable bonds is 1. The van der Waals surface area contributed by atoms with E-state index in [4.69, 9.17) is 5.53 Å². The van der Waals surface area contributed by atoms with Gasteiger partial charge in [-0.2, -0.15) is 13.2 Å². The summed E-state index contributed by atoms with van der Waals surface area (Å²) in [7, 11) is 0. The quantitative estimate of drug-likeness (QED) is 0.410. The fourth-order valence-electron chi connectivity index (χ4n) is 0.814. The Balaban J connectivity index is 3.26. The van der Waals surface area contributed by atoms with Crippen molar-refractivity contribution in [2.45, 2.75) is 6.18 Å². The van der Waals surface area contributed by atoms with Gasteiger partial charge in [0.1, 0.15) is 0 Å². The van der Waals surface area contributed by atoms with Crippen molar-refractivity contribution in [2.24, 2.45) is 5.11 Å². The molecule has 0 saturated carbocycles. The van der Waals surface area contributed by atoms with E-state index in [-0.39, 0.29) is 5.69 Å². The minimum Gasteiger partial charge on any atom is -0.166 e. The Hall–Kier alpha value is -1.20. The lowest BCUT2D eigenvalue weighted by molar-refractivity contribution is -0.137. The number of hydrogen-bond donors (Lipinski definition) is 0. The van der Waals surface area contributed by atoms with Crippen LogP contribution in [0.4, 0.5) is 18.9 Å². The van der Waals surface area contributed by atoms with Crippen LogP contribution in [0.3, 0.4) is 0 Å². The molecule has 0 atom stereocenters. The van der Waals surface area contributed by atoms with E-state index in [1.54, 1.807) is 0 Å². The molecule has 1 aromatic carbocycles. The molecule has 1 rings (SSSR count). The lowest BCUT2D eigenvalue weighted by Crippen LogP contribution is -2.03. The second-order valence-electron chi connectivity index (χ2n) is 2.35. The topological polar surface area (TPSA) is 48.8 Å². The average molecular weight is 266 g/mol. The van der Waals surface area contributed by atoms with Gasteiger partial charge in [-0.05, 0) is 23.7 Å². The van der Waals surface area contributed by atoms with Gasteiger partial charge in [0.15, 0.2) is 0 Å². The van der Waals surface area contributed by atoms with E-state index in [2.05, 4.69) is 26.0 Å². The maximum atomic E-state index is 12.2. The first-order valence-corrected chi connectivity index (χ1v) is 4.16. The van der Waals surface area contributed by atoms with Crippen LogP contribution in [0, 0.1) is 0 Å². The zero-order chi connectivity index (χ0) is 10.8. The highest BCUT2D eigenvalue weighted by molar-refractivity contribution is 9.10. The van der Waals surface area contributed by atoms with Gasteiger partial charge >= 0.3 is 6.18 Å². The summed E-state index contributed by atoms with van der Waals surface area (Å²) in [5.41, 5.74) is 7.17. The fourth-order valence-corrected chi connectivity index (χ4v) is 1.14. The molecule has 3 nitrogen and oxygen atoms in total. The lowest BCUT2D eigenvalue weighted by atomic mass is 10.2. The molecule has 0 aliphatic rings. The lowest BCUT2D eigenvalue weighted by Gasteiger charge is -2.07. The smallest absolute Gasteiger partial charge is 0.166 e. The van der Waals surface area contributed by atoms with Crippen LogP contribution in [0.25, 0.3) is 10.4 Å². The first-order chi connectivity index (χ1) is 6.45. The van der Waals surface area contributed by atoms with Gasteiger partial charge in [-0.15, -0.1) is 0 Å². The van der Waals surface area contributed by atoms with Crippen molar-refractivity contribution >= 4 is 21.6 Å². The summed E-state index contributed by atoms with van der Waals surface area (Å²) in [6, 6.07) is 2.87. The first kappa shape index (κ1) is 10.9. The molecular formula is C7H3BrF3N3. The van der Waals surface area contributed by atoms with Gasteiger partial charge in [-0.1, -0.05) is 21.0 Å². The molecule has 0 N–H and O–H groups in total. The van der Waals surface area contributed by atoms with Crippen molar-refractivity contribution in [2.75, 3.05) is 0 Å². The second-order valence-corrected chi connectivity index (χ2v) is 3.21. The highest BCUT2D eigenvalue weighted by Crippen LogP contribution is 2.35. The molecule has 0 spiro atoms. The zero-order valence-corrected chi connectivity index (χ0v) is 8.17. The molecule has 74 valence electrons. The standard InChI is InChI=1S/C7H3BrF3N3/c8-5-2-1-4(7(9,10)11)3-6(5)13-14-12/h1-3H. The Morgan fingerprint density at radius 2 is 2.00 bits per heavy atom. The summed E-state index contributed by atoms with van der Waals surface area (Å²) in [6.45, 7) is 0. The molecule has 1 aromatic rings. The Morgan fingerprint density at radius 3 is 2.50 bits per heavy atom. The van der Waals surface area contributed by atoms with Gasteiger partial charge in [-0.3, -0.25) is 0 Å². The number of alkyl halides is 3. The minimum atomic E-state index is -4.43. The summed E-state index contributed by atoms with van der Waals surface area (Å²) < 4.78 is 36.9. The number of halogens is 4. The van der Waals surface area contributed by atoms with Crippen molar-refractivity contribution in [3.8, 4) is 0 Å². The Kier molecular flexibility index (Phi) is 3.03. The normalized spacial score (nSPS) is 10.9. The summed E-state index contributed by atoms with van der Waals surface area (Å²) >= 11 is 2.97. The summed E-state index contributed by atoms with van der Waals surface area (Å²) in [4.78, 5) is 2.42. The van der Waals surface area contributed by atoms with Crippen LogP contribution >= 0.6 is 15.9 Å². The van der Waals surface area contributed by atoms with Gasteiger partial charge in [0, 0.05) is 9.38 Å². The van der Waals surface area contributed by atoms with Gasteiger partial charge in [-0.25, -0.2) is 0 Å². The van der Waals surface area contributed by atoms with Crippen molar-refractivity contribution < 1.29 is 13.2 Å². The Bertz CT molecular complexity index is 396. The maximum absolute atomic E-state index is 12.2. The average Bonchev–Trinajstić information content (AvgIpc) is 2.07. The van der Waals surface area contributed by atoms with Crippen LogP contribution in [-0.2, 0) is 6.18 Å². The maximum Gasteiger partial charge on any atom is 0.416 e. The highest BCUT2D eigenvalue weighted by atomic mass is 79.9. The molecule has 0 unspecified atom stereocenters. The molecule has 0 aromatic heterocycles. The Labute approximate surface area is 85.3 Å². The van der Waals surface area contributed by atoms with Crippen molar-refractivity contribution in [3.63, 3.8) is 0 Å².